The third-order valence-electron chi connectivity index (χ3n) is 4.93. The van der Waals surface area contributed by atoms with Gasteiger partial charge in [-0.3, -0.25) is 4.79 Å². The molecule has 0 radical (unpaired) electrons. The van der Waals surface area contributed by atoms with Crippen LogP contribution in [-0.2, 0) is 26.1 Å². The van der Waals surface area contributed by atoms with E-state index in [9.17, 15) is 13.2 Å². The van der Waals surface area contributed by atoms with Gasteiger partial charge in [0.15, 0.2) is 0 Å². The van der Waals surface area contributed by atoms with Gasteiger partial charge in [0.1, 0.15) is 5.52 Å². The fourth-order valence-electron chi connectivity index (χ4n) is 3.32. The van der Waals surface area contributed by atoms with Crippen LogP contribution >= 0.6 is 0 Å². The predicted octanol–water partition coefficient (Wildman–Crippen LogP) is 1.15. The molecule has 0 bridgehead atoms. The van der Waals surface area contributed by atoms with Crippen molar-refractivity contribution in [2.24, 2.45) is 0 Å². The van der Waals surface area contributed by atoms with Crippen LogP contribution in [-0.4, -0.2) is 66.0 Å². The number of sulfonamides is 1. The number of carbonyl (C=O) groups excluding carboxylic acids is 1. The number of aromatic nitrogens is 3. The minimum Gasteiger partial charge on any atom is -0.376 e. The average Bonchev–Trinajstić information content (AvgIpc) is 3.34. The molecule has 9 nitrogen and oxygen atoms in total. The summed E-state index contributed by atoms with van der Waals surface area (Å²) in [5, 5.41) is 11.0. The number of benzene rings is 1. The van der Waals surface area contributed by atoms with Crippen molar-refractivity contribution in [3.63, 3.8) is 0 Å². The lowest BCUT2D eigenvalue weighted by Crippen LogP contribution is -2.32. The lowest BCUT2D eigenvalue weighted by Gasteiger charge is -2.18. The molecule has 154 valence electrons. The fraction of sp³-hybridized carbons (Fsp3) is 0.611. The van der Waals surface area contributed by atoms with Gasteiger partial charge < -0.3 is 10.1 Å². The highest BCUT2D eigenvalue weighted by atomic mass is 32.2. The van der Waals surface area contributed by atoms with Gasteiger partial charge in [0.25, 0.3) is 0 Å². The Kier molecular flexibility index (Phi) is 6.63. The van der Waals surface area contributed by atoms with Crippen LogP contribution in [0.5, 0.6) is 0 Å². The third kappa shape index (κ3) is 4.50. The van der Waals surface area contributed by atoms with Crippen molar-refractivity contribution < 1.29 is 17.9 Å². The summed E-state index contributed by atoms with van der Waals surface area (Å²) in [5.74, 6) is -0.0696. The maximum absolute atomic E-state index is 12.6. The highest BCUT2D eigenvalue weighted by Gasteiger charge is 2.22. The van der Waals surface area contributed by atoms with Gasteiger partial charge in [0, 0.05) is 32.7 Å². The number of hydrogen-bond donors (Lipinski definition) is 1. The molecule has 0 spiro atoms. The number of fused-ring (bicyclic) bond motifs is 1. The topological polar surface area (TPSA) is 106 Å². The average molecular weight is 410 g/mol. The summed E-state index contributed by atoms with van der Waals surface area (Å²) in [7, 11) is -3.54. The molecule has 1 saturated heterocycles. The number of ether oxygens (including phenoxy) is 1. The van der Waals surface area contributed by atoms with Crippen LogP contribution in [0.15, 0.2) is 23.1 Å². The van der Waals surface area contributed by atoms with E-state index in [4.69, 9.17) is 4.74 Å². The van der Waals surface area contributed by atoms with Gasteiger partial charge in [-0.1, -0.05) is 19.1 Å². The SMILES string of the molecule is CCN(CC)S(=O)(=O)c1ccc2c(c1)nnn2CCC(=O)NC[C@@H]1CCCO1. The van der Waals surface area contributed by atoms with E-state index in [1.54, 1.807) is 30.7 Å². The Hall–Kier alpha value is -2.04. The molecule has 2 aromatic rings. The van der Waals surface area contributed by atoms with Crippen LogP contribution in [0.3, 0.4) is 0 Å². The van der Waals surface area contributed by atoms with E-state index >= 15 is 0 Å². The molecule has 10 heteroatoms. The number of carbonyl (C=O) groups is 1. The zero-order valence-electron chi connectivity index (χ0n) is 16.3. The van der Waals surface area contributed by atoms with Crippen LogP contribution in [0.2, 0.25) is 0 Å². The second-order valence-corrected chi connectivity index (χ2v) is 8.68. The second kappa shape index (κ2) is 8.97. The Balaban J connectivity index is 1.64. The van der Waals surface area contributed by atoms with Crippen LogP contribution in [0, 0.1) is 0 Å². The van der Waals surface area contributed by atoms with Crippen LogP contribution in [0.25, 0.3) is 11.0 Å². The number of hydrogen-bond acceptors (Lipinski definition) is 6. The largest absolute Gasteiger partial charge is 0.376 e. The zero-order valence-corrected chi connectivity index (χ0v) is 17.1. The van der Waals surface area contributed by atoms with E-state index in [2.05, 4.69) is 15.6 Å². The van der Waals surface area contributed by atoms with Gasteiger partial charge in [-0.05, 0) is 31.0 Å². The lowest BCUT2D eigenvalue weighted by atomic mass is 10.2. The molecule has 0 unspecified atom stereocenters. The number of rotatable bonds is 9. The molecular weight excluding hydrogens is 382 g/mol. The molecule has 3 rings (SSSR count). The zero-order chi connectivity index (χ0) is 20.1. The molecule has 1 aromatic heterocycles. The van der Waals surface area contributed by atoms with Gasteiger partial charge in [0.2, 0.25) is 15.9 Å². The molecule has 1 aromatic carbocycles. The first-order valence-corrected chi connectivity index (χ1v) is 11.1. The van der Waals surface area contributed by atoms with Gasteiger partial charge in [0.05, 0.1) is 23.1 Å². The third-order valence-corrected chi connectivity index (χ3v) is 6.98. The molecule has 1 amide bonds. The Bertz CT molecular complexity index is 917. The standard InChI is InChI=1S/C18H27N5O4S/c1-3-22(4-2)28(25,26)15-7-8-17-16(12-15)20-21-23(17)10-9-18(24)19-13-14-6-5-11-27-14/h7-8,12,14H,3-6,9-11,13H2,1-2H3,(H,19,24)/t14-/m0/s1. The first-order chi connectivity index (χ1) is 13.5. The van der Waals surface area contributed by atoms with Crippen molar-refractivity contribution >= 4 is 27.0 Å². The predicted molar refractivity (Wildman–Crippen MR) is 104 cm³/mol. The molecule has 0 saturated carbocycles. The quantitative estimate of drug-likeness (QED) is 0.666. The van der Waals surface area contributed by atoms with Crippen molar-refractivity contribution in [1.29, 1.82) is 0 Å². The van der Waals surface area contributed by atoms with Gasteiger partial charge >= 0.3 is 0 Å². The van der Waals surface area contributed by atoms with Crippen LogP contribution < -0.4 is 5.32 Å². The molecular formula is C18H27N5O4S. The monoisotopic (exact) mass is 409 g/mol. The van der Waals surface area contributed by atoms with E-state index in [0.717, 1.165) is 19.4 Å². The first kappa shape index (κ1) is 20.7. The molecule has 1 atom stereocenters. The minimum absolute atomic E-state index is 0.0696. The number of aryl methyl sites for hydroxylation is 1. The van der Waals surface area contributed by atoms with Gasteiger partial charge in [-0.25, -0.2) is 13.1 Å². The number of nitrogens with one attached hydrogen (secondary N) is 1. The molecule has 0 aliphatic carbocycles. The Morgan fingerprint density at radius 1 is 1.36 bits per heavy atom. The van der Waals surface area contributed by atoms with Crippen molar-refractivity contribution in [3.8, 4) is 0 Å². The van der Waals surface area contributed by atoms with Crippen molar-refractivity contribution in [1.82, 2.24) is 24.6 Å². The van der Waals surface area contributed by atoms with E-state index in [1.165, 1.54) is 10.4 Å². The Labute approximate surface area is 165 Å². The Morgan fingerprint density at radius 3 is 2.82 bits per heavy atom. The van der Waals surface area contributed by atoms with E-state index in [-0.39, 0.29) is 23.3 Å². The summed E-state index contributed by atoms with van der Waals surface area (Å²) in [6.45, 7) is 6.09. The summed E-state index contributed by atoms with van der Waals surface area (Å²) >= 11 is 0. The normalized spacial score (nSPS) is 17.5. The van der Waals surface area contributed by atoms with E-state index in [1.807, 2.05) is 0 Å². The molecule has 1 N–H and O–H groups in total. The fourth-order valence-corrected chi connectivity index (χ4v) is 4.80. The molecule has 1 aliphatic heterocycles. The van der Waals surface area contributed by atoms with E-state index < -0.39 is 10.0 Å². The first-order valence-electron chi connectivity index (χ1n) is 9.67. The van der Waals surface area contributed by atoms with Crippen molar-refractivity contribution in [2.45, 2.75) is 50.7 Å². The maximum atomic E-state index is 12.6. The highest BCUT2D eigenvalue weighted by molar-refractivity contribution is 7.89. The van der Waals surface area contributed by atoms with Gasteiger partial charge in [-0.15, -0.1) is 5.10 Å². The molecule has 2 heterocycles. The van der Waals surface area contributed by atoms with Crippen LogP contribution in [0.1, 0.15) is 33.1 Å². The maximum Gasteiger partial charge on any atom is 0.243 e. The summed E-state index contributed by atoms with van der Waals surface area (Å²) in [4.78, 5) is 12.2. The van der Waals surface area contributed by atoms with Crippen molar-refractivity contribution in [3.05, 3.63) is 18.2 Å². The molecule has 1 aliphatic rings. The smallest absolute Gasteiger partial charge is 0.243 e. The summed E-state index contributed by atoms with van der Waals surface area (Å²) in [6, 6.07) is 4.79. The summed E-state index contributed by atoms with van der Waals surface area (Å²) in [6.07, 6.45) is 2.40. The second-order valence-electron chi connectivity index (χ2n) is 6.74. The summed E-state index contributed by atoms with van der Waals surface area (Å²) < 4.78 is 33.8. The minimum atomic E-state index is -3.54. The molecule has 1 fully saturated rings. The number of nitrogens with zero attached hydrogens (tertiary/aromatic N) is 4. The highest BCUT2D eigenvalue weighted by Crippen LogP contribution is 2.20. The summed E-state index contributed by atoms with van der Waals surface area (Å²) in [5.41, 5.74) is 1.19. The Morgan fingerprint density at radius 2 is 2.14 bits per heavy atom. The molecule has 28 heavy (non-hydrogen) atoms. The van der Waals surface area contributed by atoms with E-state index in [0.29, 0.717) is 37.2 Å². The van der Waals surface area contributed by atoms with Gasteiger partial charge in [-0.2, -0.15) is 4.31 Å². The van der Waals surface area contributed by atoms with Crippen molar-refractivity contribution in [2.75, 3.05) is 26.2 Å². The number of amides is 1. The van der Waals surface area contributed by atoms with Crippen LogP contribution in [0.4, 0.5) is 0 Å². The lowest BCUT2D eigenvalue weighted by molar-refractivity contribution is -0.121.